The van der Waals surface area contributed by atoms with E-state index in [0.29, 0.717) is 5.92 Å². The molecule has 0 amide bonds. The summed E-state index contributed by atoms with van der Waals surface area (Å²) < 4.78 is 1.59. The molecule has 2 N–H and O–H groups in total. The van der Waals surface area contributed by atoms with Gasteiger partial charge in [-0.05, 0) is 50.4 Å². The highest BCUT2D eigenvalue weighted by molar-refractivity contribution is 5.41. The molecular weight excluding hydrogens is 264 g/mol. The molecule has 1 fully saturated rings. The Morgan fingerprint density at radius 3 is 3.00 bits per heavy atom. The van der Waals surface area contributed by atoms with E-state index in [1.165, 1.54) is 0 Å². The zero-order chi connectivity index (χ0) is 15.0. The molecule has 2 unspecified atom stereocenters. The van der Waals surface area contributed by atoms with Crippen molar-refractivity contribution in [3.63, 3.8) is 0 Å². The topological polar surface area (TPSA) is 63.6 Å². The van der Waals surface area contributed by atoms with Crippen LogP contribution in [0.5, 0.6) is 0 Å². The number of rotatable bonds is 3. The number of pyridine rings is 1. The third-order valence-electron chi connectivity index (χ3n) is 4.31. The minimum atomic E-state index is -0.0158. The van der Waals surface area contributed by atoms with Crippen molar-refractivity contribution in [2.75, 3.05) is 13.1 Å². The molecule has 2 atom stereocenters. The van der Waals surface area contributed by atoms with Crippen LogP contribution in [-0.2, 0) is 6.54 Å². The summed E-state index contributed by atoms with van der Waals surface area (Å²) >= 11 is 0. The van der Waals surface area contributed by atoms with Crippen LogP contribution >= 0.6 is 0 Å². The molecule has 1 aliphatic rings. The summed E-state index contributed by atoms with van der Waals surface area (Å²) in [6.07, 6.45) is 2.91. The van der Waals surface area contributed by atoms with E-state index in [9.17, 15) is 4.79 Å². The Kier molecular flexibility index (Phi) is 3.78. The Morgan fingerprint density at radius 1 is 1.48 bits per heavy atom. The van der Waals surface area contributed by atoms with Crippen LogP contribution < -0.4 is 11.3 Å². The summed E-state index contributed by atoms with van der Waals surface area (Å²) in [5.41, 5.74) is 8.63. The Balaban J connectivity index is 1.83. The van der Waals surface area contributed by atoms with Gasteiger partial charge in [-0.25, -0.2) is 4.98 Å². The van der Waals surface area contributed by atoms with E-state index in [-0.39, 0.29) is 11.6 Å². The lowest BCUT2D eigenvalue weighted by Crippen LogP contribution is -2.30. The van der Waals surface area contributed by atoms with Crippen molar-refractivity contribution >= 4 is 5.65 Å². The van der Waals surface area contributed by atoms with Crippen LogP contribution in [0.3, 0.4) is 0 Å². The van der Waals surface area contributed by atoms with Crippen LogP contribution in [0.4, 0.5) is 0 Å². The largest absolute Gasteiger partial charge is 0.328 e. The number of fused-ring (bicyclic) bond motifs is 1. The fourth-order valence-corrected chi connectivity index (χ4v) is 3.00. The quantitative estimate of drug-likeness (QED) is 0.920. The van der Waals surface area contributed by atoms with E-state index >= 15 is 0 Å². The van der Waals surface area contributed by atoms with Gasteiger partial charge in [-0.3, -0.25) is 14.1 Å². The van der Waals surface area contributed by atoms with Gasteiger partial charge in [-0.15, -0.1) is 0 Å². The third kappa shape index (κ3) is 2.99. The number of hydrogen-bond acceptors (Lipinski definition) is 4. The molecule has 0 saturated carbocycles. The number of nitrogens with zero attached hydrogens (tertiary/aromatic N) is 3. The van der Waals surface area contributed by atoms with Gasteiger partial charge < -0.3 is 5.73 Å². The summed E-state index contributed by atoms with van der Waals surface area (Å²) in [5.74, 6) is 0.550. The van der Waals surface area contributed by atoms with E-state index in [2.05, 4.69) is 16.8 Å². The lowest BCUT2D eigenvalue weighted by atomic mass is 10.0. The van der Waals surface area contributed by atoms with Gasteiger partial charge in [-0.1, -0.05) is 0 Å². The summed E-state index contributed by atoms with van der Waals surface area (Å²) in [4.78, 5) is 19.1. The normalized spacial score (nSPS) is 21.0. The maximum absolute atomic E-state index is 12.1. The van der Waals surface area contributed by atoms with Crippen LogP contribution in [0.2, 0.25) is 0 Å². The Bertz CT molecular complexity index is 707. The standard InChI is InChI=1S/C16H22N4O/c1-11-3-6-20-15(7-11)18-14(8-16(20)21)10-19-5-4-13(9-19)12(2)17/h3,6-8,12-13H,4-5,9-10,17H2,1-2H3. The first kappa shape index (κ1) is 14.2. The lowest BCUT2D eigenvalue weighted by Gasteiger charge is -2.17. The third-order valence-corrected chi connectivity index (χ3v) is 4.31. The smallest absolute Gasteiger partial charge is 0.258 e. The molecule has 2 aromatic heterocycles. The van der Waals surface area contributed by atoms with E-state index < -0.39 is 0 Å². The van der Waals surface area contributed by atoms with Crippen molar-refractivity contribution in [3.05, 3.63) is 46.0 Å². The molecule has 0 spiro atoms. The lowest BCUT2D eigenvalue weighted by molar-refractivity contribution is 0.305. The number of aryl methyl sites for hydroxylation is 1. The number of hydrogen-bond donors (Lipinski definition) is 1. The molecule has 3 heterocycles. The molecule has 2 aromatic rings. The predicted octanol–water partition coefficient (Wildman–Crippen LogP) is 1.17. The van der Waals surface area contributed by atoms with E-state index in [0.717, 1.165) is 43.0 Å². The molecule has 1 aliphatic heterocycles. The molecule has 0 aliphatic carbocycles. The molecule has 112 valence electrons. The highest BCUT2D eigenvalue weighted by atomic mass is 16.1. The minimum absolute atomic E-state index is 0.0158. The molecule has 3 rings (SSSR count). The van der Waals surface area contributed by atoms with Crippen LogP contribution in [0, 0.1) is 12.8 Å². The van der Waals surface area contributed by atoms with Crippen molar-refractivity contribution in [2.24, 2.45) is 11.7 Å². The SMILES string of the molecule is Cc1ccn2c(=O)cc(CN3CCC(C(C)N)C3)nc2c1. The van der Waals surface area contributed by atoms with Gasteiger partial charge in [0, 0.05) is 31.4 Å². The van der Waals surface area contributed by atoms with Crippen LogP contribution in [0.1, 0.15) is 24.6 Å². The maximum Gasteiger partial charge on any atom is 0.258 e. The fraction of sp³-hybridized carbons (Fsp3) is 0.500. The Hall–Kier alpha value is -1.72. The second-order valence-electron chi connectivity index (χ2n) is 6.16. The van der Waals surface area contributed by atoms with Gasteiger partial charge >= 0.3 is 0 Å². The average molecular weight is 286 g/mol. The summed E-state index contributed by atoms with van der Waals surface area (Å²) in [6, 6.07) is 5.73. The molecule has 5 nitrogen and oxygen atoms in total. The molecule has 0 aromatic carbocycles. The zero-order valence-corrected chi connectivity index (χ0v) is 12.6. The van der Waals surface area contributed by atoms with Gasteiger partial charge in [0.05, 0.1) is 5.69 Å². The molecule has 5 heteroatoms. The first-order valence-corrected chi connectivity index (χ1v) is 7.50. The summed E-state index contributed by atoms with van der Waals surface area (Å²) in [7, 11) is 0. The Labute approximate surface area is 124 Å². The summed E-state index contributed by atoms with van der Waals surface area (Å²) in [5, 5.41) is 0. The maximum atomic E-state index is 12.1. The van der Waals surface area contributed by atoms with Gasteiger partial charge in [0.25, 0.3) is 5.56 Å². The monoisotopic (exact) mass is 286 g/mol. The molecule has 0 bridgehead atoms. The Morgan fingerprint density at radius 2 is 2.29 bits per heavy atom. The van der Waals surface area contributed by atoms with Crippen LogP contribution in [0.25, 0.3) is 5.65 Å². The number of nitrogens with two attached hydrogens (primary N) is 1. The van der Waals surface area contributed by atoms with Crippen molar-refractivity contribution in [2.45, 2.75) is 32.9 Å². The van der Waals surface area contributed by atoms with Gasteiger partial charge in [0.1, 0.15) is 5.65 Å². The zero-order valence-electron chi connectivity index (χ0n) is 12.6. The average Bonchev–Trinajstić information content (AvgIpc) is 2.86. The van der Waals surface area contributed by atoms with E-state index in [1.807, 2.05) is 19.1 Å². The van der Waals surface area contributed by atoms with Crippen LogP contribution in [-0.4, -0.2) is 33.4 Å². The first-order valence-electron chi connectivity index (χ1n) is 7.50. The second kappa shape index (κ2) is 5.58. The highest BCUT2D eigenvalue weighted by Crippen LogP contribution is 2.20. The molecule has 0 radical (unpaired) electrons. The van der Waals surface area contributed by atoms with Crippen molar-refractivity contribution < 1.29 is 0 Å². The second-order valence-corrected chi connectivity index (χ2v) is 6.16. The molecule has 1 saturated heterocycles. The molecular formula is C16H22N4O. The number of likely N-dealkylation sites (tertiary alicyclic amines) is 1. The predicted molar refractivity (Wildman–Crippen MR) is 83.2 cm³/mol. The van der Waals surface area contributed by atoms with E-state index in [1.54, 1.807) is 16.7 Å². The van der Waals surface area contributed by atoms with Crippen LogP contribution in [0.15, 0.2) is 29.2 Å². The highest BCUT2D eigenvalue weighted by Gasteiger charge is 2.25. The van der Waals surface area contributed by atoms with Crippen molar-refractivity contribution in [3.8, 4) is 0 Å². The van der Waals surface area contributed by atoms with Crippen molar-refractivity contribution in [1.82, 2.24) is 14.3 Å². The number of aromatic nitrogens is 2. The van der Waals surface area contributed by atoms with Gasteiger partial charge in [-0.2, -0.15) is 0 Å². The summed E-state index contributed by atoms with van der Waals surface area (Å²) in [6.45, 7) is 6.82. The van der Waals surface area contributed by atoms with Gasteiger partial charge in [0.15, 0.2) is 0 Å². The first-order chi connectivity index (χ1) is 10.0. The van der Waals surface area contributed by atoms with Crippen molar-refractivity contribution in [1.29, 1.82) is 0 Å². The molecule has 21 heavy (non-hydrogen) atoms. The minimum Gasteiger partial charge on any atom is -0.328 e. The van der Waals surface area contributed by atoms with Gasteiger partial charge in [0.2, 0.25) is 0 Å². The van der Waals surface area contributed by atoms with E-state index in [4.69, 9.17) is 5.73 Å². The fourth-order valence-electron chi connectivity index (χ4n) is 3.00.